The zero-order valence-electron chi connectivity index (χ0n) is 15.8. The van der Waals surface area contributed by atoms with Crippen LogP contribution in [-0.4, -0.2) is 36.8 Å². The lowest BCUT2D eigenvalue weighted by molar-refractivity contribution is -0.121. The van der Waals surface area contributed by atoms with E-state index in [0.717, 1.165) is 61.3 Å². The normalized spacial score (nSPS) is 13.9. The van der Waals surface area contributed by atoms with E-state index < -0.39 is 0 Å². The fourth-order valence-corrected chi connectivity index (χ4v) is 3.62. The monoisotopic (exact) mass is 380 g/mol. The zero-order valence-corrected chi connectivity index (χ0v) is 15.8. The Morgan fingerprint density at radius 1 is 1.14 bits per heavy atom. The lowest BCUT2D eigenvalue weighted by Crippen LogP contribution is -2.35. The van der Waals surface area contributed by atoms with Crippen molar-refractivity contribution in [1.29, 1.82) is 0 Å². The van der Waals surface area contributed by atoms with Crippen LogP contribution in [0, 0.1) is 0 Å². The number of aromatic nitrogens is 5. The van der Waals surface area contributed by atoms with Crippen LogP contribution >= 0.6 is 0 Å². The number of carbonyl (C=O) groups is 1. The van der Waals surface area contributed by atoms with Crippen LogP contribution in [0.2, 0.25) is 0 Å². The molecule has 1 aliphatic rings. The number of pyridine rings is 1. The Morgan fingerprint density at radius 2 is 2.04 bits per heavy atom. The quantitative estimate of drug-likeness (QED) is 0.514. The predicted molar refractivity (Wildman–Crippen MR) is 104 cm³/mol. The molecule has 0 fully saturated rings. The first kappa shape index (κ1) is 18.3. The van der Waals surface area contributed by atoms with Crippen molar-refractivity contribution in [2.24, 2.45) is 0 Å². The van der Waals surface area contributed by atoms with E-state index in [0.29, 0.717) is 13.0 Å². The van der Waals surface area contributed by atoms with Crippen molar-refractivity contribution in [1.82, 2.24) is 29.7 Å². The lowest BCUT2D eigenvalue weighted by Gasteiger charge is -2.10. The van der Waals surface area contributed by atoms with Gasteiger partial charge in [-0.1, -0.05) is 12.5 Å². The molecule has 3 aromatic heterocycles. The van der Waals surface area contributed by atoms with Crippen molar-refractivity contribution in [3.63, 3.8) is 0 Å². The number of fused-ring (bicyclic) bond motifs is 2. The second-order valence-electron chi connectivity index (χ2n) is 7.17. The standard InChI is InChI=1S/C20H24N6O2/c27-19(14-26-20(28)13-15-7-2-1-3-8-16(15)24-26)21-11-6-10-18-23-22-17-9-4-5-12-25(17)18/h4-5,9,12-13H,1-3,6-8,10-11,14H2,(H,21,27). The van der Waals surface area contributed by atoms with E-state index >= 15 is 0 Å². The second-order valence-corrected chi connectivity index (χ2v) is 7.17. The summed E-state index contributed by atoms with van der Waals surface area (Å²) in [6.45, 7) is 0.472. The summed E-state index contributed by atoms with van der Waals surface area (Å²) in [6.07, 6.45) is 8.51. The topological polar surface area (TPSA) is 94.2 Å². The van der Waals surface area contributed by atoms with Crippen LogP contribution in [0.15, 0.2) is 35.3 Å². The fraction of sp³-hybridized carbons (Fsp3) is 0.450. The molecule has 0 unspecified atom stereocenters. The molecular weight excluding hydrogens is 356 g/mol. The third kappa shape index (κ3) is 4.11. The molecule has 0 atom stereocenters. The molecule has 0 saturated heterocycles. The number of hydrogen-bond donors (Lipinski definition) is 1. The molecule has 0 aliphatic heterocycles. The fourth-order valence-electron chi connectivity index (χ4n) is 3.62. The van der Waals surface area contributed by atoms with E-state index in [9.17, 15) is 9.59 Å². The van der Waals surface area contributed by atoms with Gasteiger partial charge < -0.3 is 5.32 Å². The number of carbonyl (C=O) groups excluding carboxylic acids is 1. The summed E-state index contributed by atoms with van der Waals surface area (Å²) in [7, 11) is 0. The van der Waals surface area contributed by atoms with Gasteiger partial charge in [0, 0.05) is 25.2 Å². The number of nitrogens with zero attached hydrogens (tertiary/aromatic N) is 5. The molecule has 1 aliphatic carbocycles. The van der Waals surface area contributed by atoms with Crippen LogP contribution in [0.25, 0.3) is 5.65 Å². The average molecular weight is 380 g/mol. The summed E-state index contributed by atoms with van der Waals surface area (Å²) in [4.78, 5) is 24.5. The maximum atomic E-state index is 12.3. The van der Waals surface area contributed by atoms with Gasteiger partial charge in [-0.25, -0.2) is 4.68 Å². The highest BCUT2D eigenvalue weighted by molar-refractivity contribution is 5.75. The Labute approximate surface area is 162 Å². The highest BCUT2D eigenvalue weighted by Gasteiger charge is 2.14. The van der Waals surface area contributed by atoms with Gasteiger partial charge in [-0.05, 0) is 49.8 Å². The van der Waals surface area contributed by atoms with Gasteiger partial charge in [0.05, 0.1) is 5.69 Å². The van der Waals surface area contributed by atoms with E-state index in [1.807, 2.05) is 28.8 Å². The van der Waals surface area contributed by atoms with Gasteiger partial charge in [-0.2, -0.15) is 5.10 Å². The molecule has 3 heterocycles. The molecule has 0 aromatic carbocycles. The Morgan fingerprint density at radius 3 is 2.96 bits per heavy atom. The van der Waals surface area contributed by atoms with Crippen LogP contribution < -0.4 is 10.9 Å². The molecule has 0 spiro atoms. The van der Waals surface area contributed by atoms with Crippen LogP contribution in [0.5, 0.6) is 0 Å². The average Bonchev–Trinajstić information content (AvgIpc) is 2.97. The number of rotatable bonds is 6. The smallest absolute Gasteiger partial charge is 0.267 e. The number of hydrogen-bond acceptors (Lipinski definition) is 5. The van der Waals surface area contributed by atoms with Crippen molar-refractivity contribution >= 4 is 11.6 Å². The summed E-state index contributed by atoms with van der Waals surface area (Å²) in [5, 5.41) is 15.6. The van der Waals surface area contributed by atoms with E-state index in [1.165, 1.54) is 4.68 Å². The van der Waals surface area contributed by atoms with Crippen LogP contribution in [-0.2, 0) is 30.6 Å². The third-order valence-corrected chi connectivity index (χ3v) is 5.10. The Hall–Kier alpha value is -3.03. The first-order chi connectivity index (χ1) is 13.7. The molecule has 0 radical (unpaired) electrons. The number of amides is 1. The summed E-state index contributed by atoms with van der Waals surface area (Å²) in [5.41, 5.74) is 2.62. The largest absolute Gasteiger partial charge is 0.354 e. The van der Waals surface area contributed by atoms with Gasteiger partial charge in [0.1, 0.15) is 12.4 Å². The van der Waals surface area contributed by atoms with Crippen LogP contribution in [0.4, 0.5) is 0 Å². The summed E-state index contributed by atoms with van der Waals surface area (Å²) in [5.74, 6) is 0.669. The molecular formula is C20H24N6O2. The minimum absolute atomic E-state index is 0.0417. The molecule has 8 nitrogen and oxygen atoms in total. The molecule has 28 heavy (non-hydrogen) atoms. The van der Waals surface area contributed by atoms with Gasteiger partial charge in [0.25, 0.3) is 5.56 Å². The van der Waals surface area contributed by atoms with Crippen molar-refractivity contribution in [2.75, 3.05) is 6.54 Å². The molecule has 8 heteroatoms. The maximum absolute atomic E-state index is 12.3. The van der Waals surface area contributed by atoms with E-state index in [1.54, 1.807) is 6.07 Å². The highest BCUT2D eigenvalue weighted by Crippen LogP contribution is 2.16. The van der Waals surface area contributed by atoms with Gasteiger partial charge in [-0.15, -0.1) is 10.2 Å². The Bertz CT molecular complexity index is 1040. The molecule has 3 aromatic rings. The second kappa shape index (κ2) is 8.33. The molecule has 1 N–H and O–H groups in total. The van der Waals surface area contributed by atoms with Crippen molar-refractivity contribution in [3.8, 4) is 0 Å². The molecule has 1 amide bonds. The minimum atomic E-state index is -0.203. The maximum Gasteiger partial charge on any atom is 0.267 e. The number of nitrogens with one attached hydrogen (secondary N) is 1. The van der Waals surface area contributed by atoms with Gasteiger partial charge in [0.15, 0.2) is 5.65 Å². The number of aryl methyl sites for hydroxylation is 3. The van der Waals surface area contributed by atoms with Gasteiger partial charge in [-0.3, -0.25) is 14.0 Å². The molecule has 146 valence electrons. The molecule has 4 rings (SSSR count). The summed E-state index contributed by atoms with van der Waals surface area (Å²) in [6, 6.07) is 7.42. The first-order valence-electron chi connectivity index (χ1n) is 9.86. The molecule has 0 saturated carbocycles. The summed E-state index contributed by atoms with van der Waals surface area (Å²) < 4.78 is 3.23. The SMILES string of the molecule is O=C(Cn1nc2c(cc1=O)CCCCC2)NCCCc1nnc2ccccn12. The van der Waals surface area contributed by atoms with E-state index in [2.05, 4.69) is 20.6 Å². The lowest BCUT2D eigenvalue weighted by atomic mass is 10.1. The highest BCUT2D eigenvalue weighted by atomic mass is 16.2. The van der Waals surface area contributed by atoms with Crippen molar-refractivity contribution in [2.45, 2.75) is 51.5 Å². The predicted octanol–water partition coefficient (Wildman–Crippen LogP) is 1.30. The van der Waals surface area contributed by atoms with Gasteiger partial charge in [0.2, 0.25) is 5.91 Å². The summed E-state index contributed by atoms with van der Waals surface area (Å²) >= 11 is 0. The van der Waals surface area contributed by atoms with Gasteiger partial charge >= 0.3 is 0 Å². The zero-order chi connectivity index (χ0) is 19.3. The molecule has 0 bridgehead atoms. The van der Waals surface area contributed by atoms with Crippen LogP contribution in [0.1, 0.15) is 42.8 Å². The Balaban J connectivity index is 1.30. The Kier molecular flexibility index (Phi) is 5.45. The minimum Gasteiger partial charge on any atom is -0.354 e. The van der Waals surface area contributed by atoms with E-state index in [4.69, 9.17) is 0 Å². The van der Waals surface area contributed by atoms with Crippen molar-refractivity contribution in [3.05, 3.63) is 57.9 Å². The van der Waals surface area contributed by atoms with Crippen LogP contribution in [0.3, 0.4) is 0 Å². The van der Waals surface area contributed by atoms with Crippen molar-refractivity contribution < 1.29 is 4.79 Å². The van der Waals surface area contributed by atoms with E-state index in [-0.39, 0.29) is 18.0 Å². The first-order valence-corrected chi connectivity index (χ1v) is 9.86. The third-order valence-electron chi connectivity index (χ3n) is 5.10.